The maximum absolute atomic E-state index is 10.7. The smallest absolute Gasteiger partial charge is 0.332 e. The average Bonchev–Trinajstić information content (AvgIpc) is 2.51. The largest absolute Gasteiger partial charge is 0.479 e. The molecule has 1 atom stereocenters. The van der Waals surface area contributed by atoms with Crippen LogP contribution in [0.2, 0.25) is 0 Å². The Balaban J connectivity index is 3.30. The van der Waals surface area contributed by atoms with Crippen LogP contribution < -0.4 is 0 Å². The number of carboxylic acid groups (broad SMARTS) is 1. The van der Waals surface area contributed by atoms with Crippen LogP contribution in [0.1, 0.15) is 90.4 Å². The van der Waals surface area contributed by atoms with Gasteiger partial charge < -0.3 is 9.84 Å². The monoisotopic (exact) mass is 310 g/mol. The maximum atomic E-state index is 10.7. The second-order valence-electron chi connectivity index (χ2n) is 5.89. The first-order valence-corrected chi connectivity index (χ1v) is 8.93. The highest BCUT2D eigenvalue weighted by atomic mass is 16.5. The van der Waals surface area contributed by atoms with Gasteiger partial charge in [-0.25, -0.2) is 4.79 Å². The van der Waals surface area contributed by atoms with Crippen LogP contribution in [0.5, 0.6) is 0 Å². The molecule has 0 amide bonds. The van der Waals surface area contributed by atoms with Gasteiger partial charge in [-0.2, -0.15) is 0 Å². The Bertz CT molecular complexity index is 314. The molecule has 0 saturated carbocycles. The molecule has 0 aliphatic rings. The number of carboxylic acids is 1. The van der Waals surface area contributed by atoms with E-state index in [0.29, 0.717) is 6.42 Å². The third kappa shape index (κ3) is 13.9. The second-order valence-corrected chi connectivity index (χ2v) is 5.89. The van der Waals surface area contributed by atoms with Crippen LogP contribution in [0.3, 0.4) is 0 Å². The molecule has 128 valence electrons. The summed E-state index contributed by atoms with van der Waals surface area (Å²) in [5.41, 5.74) is 0. The molecule has 0 fully saturated rings. The molecule has 0 bridgehead atoms. The molecule has 0 rings (SSSR count). The lowest BCUT2D eigenvalue weighted by Gasteiger charge is -2.07. The number of unbranched alkanes of at least 4 members (excludes halogenated alkanes) is 10. The summed E-state index contributed by atoms with van der Waals surface area (Å²) in [7, 11) is 1.44. The van der Waals surface area contributed by atoms with E-state index in [1.807, 2.05) is 0 Å². The van der Waals surface area contributed by atoms with Crippen LogP contribution in [0, 0.1) is 11.8 Å². The quantitative estimate of drug-likeness (QED) is 0.355. The Labute approximate surface area is 136 Å². The minimum Gasteiger partial charge on any atom is -0.479 e. The lowest BCUT2D eigenvalue weighted by molar-refractivity contribution is -0.148. The fraction of sp³-hybridized carbons (Fsp3) is 0.842. The van der Waals surface area contributed by atoms with Crippen molar-refractivity contribution in [3.8, 4) is 11.8 Å². The van der Waals surface area contributed by atoms with Crippen LogP contribution in [0.4, 0.5) is 0 Å². The van der Waals surface area contributed by atoms with Crippen molar-refractivity contribution in [2.45, 2.75) is 96.5 Å². The van der Waals surface area contributed by atoms with Gasteiger partial charge in [0.15, 0.2) is 6.10 Å². The molecule has 0 aliphatic heterocycles. The molecular formula is C19H34O3. The molecule has 0 aromatic heterocycles. The Hall–Kier alpha value is -1.01. The summed E-state index contributed by atoms with van der Waals surface area (Å²) in [6.07, 6.45) is 14.4. The summed E-state index contributed by atoms with van der Waals surface area (Å²) in [6, 6.07) is 0. The summed E-state index contributed by atoms with van der Waals surface area (Å²) in [6.45, 7) is 2.25. The van der Waals surface area contributed by atoms with Crippen molar-refractivity contribution < 1.29 is 14.6 Å². The van der Waals surface area contributed by atoms with E-state index >= 15 is 0 Å². The summed E-state index contributed by atoms with van der Waals surface area (Å²) < 4.78 is 4.88. The second kappa shape index (κ2) is 16.4. The zero-order valence-electron chi connectivity index (χ0n) is 14.5. The Morgan fingerprint density at radius 1 is 0.909 bits per heavy atom. The maximum Gasteiger partial charge on any atom is 0.332 e. The van der Waals surface area contributed by atoms with E-state index in [9.17, 15) is 4.79 Å². The Morgan fingerprint density at radius 3 is 1.91 bits per heavy atom. The highest BCUT2D eigenvalue weighted by Gasteiger charge is 2.14. The molecule has 0 heterocycles. The molecule has 3 heteroatoms. The van der Waals surface area contributed by atoms with Gasteiger partial charge in [-0.05, 0) is 19.3 Å². The highest BCUT2D eigenvalue weighted by molar-refractivity contribution is 5.72. The predicted octanol–water partition coefficient (Wildman–Crippen LogP) is 5.18. The number of ether oxygens (including phenoxy) is 1. The topological polar surface area (TPSA) is 46.5 Å². The van der Waals surface area contributed by atoms with Gasteiger partial charge in [0.1, 0.15) is 0 Å². The van der Waals surface area contributed by atoms with Crippen molar-refractivity contribution >= 4 is 5.97 Å². The van der Waals surface area contributed by atoms with Gasteiger partial charge in [-0.1, -0.05) is 58.3 Å². The van der Waals surface area contributed by atoms with Crippen LogP contribution in [0.15, 0.2) is 0 Å². The summed E-state index contributed by atoms with van der Waals surface area (Å²) in [5, 5.41) is 8.82. The molecule has 0 saturated heterocycles. The molecule has 1 N–H and O–H groups in total. The third-order valence-corrected chi connectivity index (χ3v) is 3.86. The van der Waals surface area contributed by atoms with Crippen molar-refractivity contribution in [3.05, 3.63) is 0 Å². The number of rotatable bonds is 14. The SMILES string of the molecule is CCCCCCCCCCCC#CCCCC(OC)C(=O)O. The summed E-state index contributed by atoms with van der Waals surface area (Å²) >= 11 is 0. The van der Waals surface area contributed by atoms with Gasteiger partial charge in [-0.15, -0.1) is 11.8 Å². The van der Waals surface area contributed by atoms with Gasteiger partial charge in [-0.3, -0.25) is 0 Å². The average molecular weight is 310 g/mol. The first-order valence-electron chi connectivity index (χ1n) is 8.93. The normalized spacial score (nSPS) is 11.7. The van der Waals surface area contributed by atoms with Crippen LogP contribution >= 0.6 is 0 Å². The van der Waals surface area contributed by atoms with Crippen molar-refractivity contribution in [2.24, 2.45) is 0 Å². The standard InChI is InChI=1S/C19H34O3/c1-3-4-5-6-7-8-9-10-11-12-13-14-15-16-17-18(22-2)19(20)21/h18H,3-12,15-17H2,1-2H3,(H,20,21). The molecule has 0 aromatic carbocycles. The molecule has 22 heavy (non-hydrogen) atoms. The number of hydrogen-bond acceptors (Lipinski definition) is 2. The fourth-order valence-electron chi connectivity index (χ4n) is 2.42. The summed E-state index contributed by atoms with van der Waals surface area (Å²) in [5.74, 6) is 5.43. The molecule has 0 radical (unpaired) electrons. The van der Waals surface area contributed by atoms with E-state index in [0.717, 1.165) is 19.3 Å². The van der Waals surface area contributed by atoms with E-state index in [4.69, 9.17) is 9.84 Å². The number of hydrogen-bond donors (Lipinski definition) is 1. The predicted molar refractivity (Wildman–Crippen MR) is 91.9 cm³/mol. The first-order chi connectivity index (χ1) is 10.7. The number of methoxy groups -OCH3 is 1. The lowest BCUT2D eigenvalue weighted by atomic mass is 10.1. The number of carbonyl (C=O) groups is 1. The van der Waals surface area contributed by atoms with Gasteiger partial charge in [0.2, 0.25) is 0 Å². The molecule has 1 unspecified atom stereocenters. The minimum absolute atomic E-state index is 0.540. The van der Waals surface area contributed by atoms with Crippen molar-refractivity contribution in [2.75, 3.05) is 7.11 Å². The zero-order chi connectivity index (χ0) is 16.5. The van der Waals surface area contributed by atoms with Crippen LogP contribution in [0.25, 0.3) is 0 Å². The van der Waals surface area contributed by atoms with Gasteiger partial charge in [0.05, 0.1) is 0 Å². The molecule has 0 aliphatic carbocycles. The van der Waals surface area contributed by atoms with Crippen LogP contribution in [-0.2, 0) is 9.53 Å². The lowest BCUT2D eigenvalue weighted by Crippen LogP contribution is -2.21. The van der Waals surface area contributed by atoms with E-state index in [-0.39, 0.29) is 0 Å². The van der Waals surface area contributed by atoms with Crippen molar-refractivity contribution in [1.29, 1.82) is 0 Å². The van der Waals surface area contributed by atoms with Gasteiger partial charge in [0, 0.05) is 20.0 Å². The first kappa shape index (κ1) is 21.0. The molecular weight excluding hydrogens is 276 g/mol. The fourth-order valence-corrected chi connectivity index (χ4v) is 2.42. The van der Waals surface area contributed by atoms with E-state index in [2.05, 4.69) is 18.8 Å². The van der Waals surface area contributed by atoms with E-state index in [1.54, 1.807) is 0 Å². The van der Waals surface area contributed by atoms with Crippen LogP contribution in [-0.4, -0.2) is 24.3 Å². The number of aliphatic carboxylic acids is 1. The summed E-state index contributed by atoms with van der Waals surface area (Å²) in [4.78, 5) is 10.7. The Kier molecular flexibility index (Phi) is 15.6. The van der Waals surface area contributed by atoms with Crippen molar-refractivity contribution in [3.63, 3.8) is 0 Å². The molecule has 0 aromatic rings. The van der Waals surface area contributed by atoms with Crippen molar-refractivity contribution in [1.82, 2.24) is 0 Å². The third-order valence-electron chi connectivity index (χ3n) is 3.86. The highest BCUT2D eigenvalue weighted by Crippen LogP contribution is 2.10. The molecule has 3 nitrogen and oxygen atoms in total. The van der Waals surface area contributed by atoms with Gasteiger partial charge in [0.25, 0.3) is 0 Å². The van der Waals surface area contributed by atoms with Gasteiger partial charge >= 0.3 is 5.97 Å². The zero-order valence-corrected chi connectivity index (χ0v) is 14.5. The molecule has 0 spiro atoms. The minimum atomic E-state index is -0.884. The van der Waals surface area contributed by atoms with E-state index < -0.39 is 12.1 Å². The Morgan fingerprint density at radius 2 is 1.41 bits per heavy atom. The van der Waals surface area contributed by atoms with E-state index in [1.165, 1.54) is 64.9 Å².